The molecule has 3 N–H and O–H groups in total. The van der Waals surface area contributed by atoms with E-state index in [0.717, 1.165) is 10.2 Å². The molecule has 1 aromatic carbocycles. The van der Waals surface area contributed by atoms with Gasteiger partial charge in [-0.25, -0.2) is 4.79 Å². The molecule has 2 amide bonds. The predicted octanol–water partition coefficient (Wildman–Crippen LogP) is 1.24. The van der Waals surface area contributed by atoms with Gasteiger partial charge in [-0.1, -0.05) is 0 Å². The number of amides is 2. The van der Waals surface area contributed by atoms with Crippen LogP contribution in [0.5, 0.6) is 11.5 Å². The molecule has 0 aliphatic carbocycles. The topological polar surface area (TPSA) is 102 Å². The van der Waals surface area contributed by atoms with Gasteiger partial charge in [0.05, 0.1) is 24.3 Å². The fourth-order valence-corrected chi connectivity index (χ4v) is 3.17. The SMILES string of the molecule is CCOCCOc1ccc(OCC(O)CNCCNC(=O)N2CCOCC2)c(Br)c1. The van der Waals surface area contributed by atoms with E-state index >= 15 is 0 Å². The number of morpholine rings is 1. The number of carbonyl (C=O) groups is 1. The maximum absolute atomic E-state index is 11.9. The van der Waals surface area contributed by atoms with Gasteiger partial charge in [-0.2, -0.15) is 0 Å². The Morgan fingerprint density at radius 2 is 2.07 bits per heavy atom. The largest absolute Gasteiger partial charge is 0.491 e. The minimum atomic E-state index is -0.672. The monoisotopic (exact) mass is 489 g/mol. The lowest BCUT2D eigenvalue weighted by molar-refractivity contribution is 0.0532. The number of aliphatic hydroxyl groups is 1. The van der Waals surface area contributed by atoms with Gasteiger partial charge in [0.25, 0.3) is 0 Å². The molecule has 1 atom stereocenters. The van der Waals surface area contributed by atoms with E-state index < -0.39 is 6.10 Å². The molecular formula is C20H32BrN3O6. The van der Waals surface area contributed by atoms with E-state index in [-0.39, 0.29) is 12.6 Å². The zero-order chi connectivity index (χ0) is 21.6. The predicted molar refractivity (Wildman–Crippen MR) is 116 cm³/mol. The van der Waals surface area contributed by atoms with Crippen LogP contribution in [0.15, 0.2) is 22.7 Å². The third-order valence-electron chi connectivity index (χ3n) is 4.29. The Bertz CT molecular complexity index is 631. The van der Waals surface area contributed by atoms with Crippen molar-refractivity contribution in [3.05, 3.63) is 22.7 Å². The molecule has 1 heterocycles. The smallest absolute Gasteiger partial charge is 0.317 e. The zero-order valence-corrected chi connectivity index (χ0v) is 19.0. The van der Waals surface area contributed by atoms with Crippen molar-refractivity contribution >= 4 is 22.0 Å². The second kappa shape index (κ2) is 14.4. The molecule has 1 unspecified atom stereocenters. The van der Waals surface area contributed by atoms with Gasteiger partial charge >= 0.3 is 6.03 Å². The van der Waals surface area contributed by atoms with E-state index in [9.17, 15) is 9.90 Å². The molecule has 1 saturated heterocycles. The first kappa shape index (κ1) is 24.7. The number of urea groups is 1. The summed E-state index contributed by atoms with van der Waals surface area (Å²) in [6.45, 7) is 7.59. The molecule has 0 saturated carbocycles. The van der Waals surface area contributed by atoms with Crippen LogP contribution in [-0.4, -0.2) is 94.5 Å². The van der Waals surface area contributed by atoms with Crippen molar-refractivity contribution < 1.29 is 28.8 Å². The maximum Gasteiger partial charge on any atom is 0.317 e. The first-order chi connectivity index (χ1) is 14.6. The molecule has 2 rings (SSSR count). The van der Waals surface area contributed by atoms with Crippen LogP contribution in [-0.2, 0) is 9.47 Å². The van der Waals surface area contributed by atoms with E-state index in [1.54, 1.807) is 11.0 Å². The average Bonchev–Trinajstić information content (AvgIpc) is 2.76. The normalized spacial score (nSPS) is 15.0. The molecule has 0 spiro atoms. The van der Waals surface area contributed by atoms with Gasteiger partial charge in [0, 0.05) is 39.3 Å². The second-order valence-corrected chi connectivity index (χ2v) is 7.49. The van der Waals surface area contributed by atoms with E-state index in [0.29, 0.717) is 71.5 Å². The van der Waals surface area contributed by atoms with Gasteiger partial charge in [-0.15, -0.1) is 0 Å². The van der Waals surface area contributed by atoms with Crippen LogP contribution in [0.4, 0.5) is 4.79 Å². The van der Waals surface area contributed by atoms with Crippen LogP contribution in [0.25, 0.3) is 0 Å². The Balaban J connectivity index is 1.56. The number of hydrogen-bond donors (Lipinski definition) is 3. The number of aliphatic hydroxyl groups excluding tert-OH is 1. The maximum atomic E-state index is 11.9. The molecule has 1 aliphatic rings. The van der Waals surface area contributed by atoms with Crippen molar-refractivity contribution in [2.45, 2.75) is 13.0 Å². The van der Waals surface area contributed by atoms with Gasteiger partial charge in [0.15, 0.2) is 0 Å². The average molecular weight is 490 g/mol. The zero-order valence-electron chi connectivity index (χ0n) is 17.4. The lowest BCUT2D eigenvalue weighted by atomic mass is 10.3. The molecule has 1 fully saturated rings. The van der Waals surface area contributed by atoms with Crippen molar-refractivity contribution in [1.82, 2.24) is 15.5 Å². The van der Waals surface area contributed by atoms with E-state index in [1.165, 1.54) is 0 Å². The second-order valence-electron chi connectivity index (χ2n) is 6.64. The number of hydrogen-bond acceptors (Lipinski definition) is 7. The number of carbonyl (C=O) groups excluding carboxylic acids is 1. The molecular weight excluding hydrogens is 458 g/mol. The third kappa shape index (κ3) is 9.48. The fourth-order valence-electron chi connectivity index (χ4n) is 2.70. The molecule has 1 aliphatic heterocycles. The molecule has 170 valence electrons. The first-order valence-electron chi connectivity index (χ1n) is 10.2. The summed E-state index contributed by atoms with van der Waals surface area (Å²) < 4.78 is 22.5. The summed E-state index contributed by atoms with van der Waals surface area (Å²) in [6, 6.07) is 5.34. The Labute approximate surface area is 186 Å². The Hall–Kier alpha value is -1.59. The third-order valence-corrected chi connectivity index (χ3v) is 4.91. The summed E-state index contributed by atoms with van der Waals surface area (Å²) >= 11 is 3.45. The quantitative estimate of drug-likeness (QED) is 0.358. The van der Waals surface area contributed by atoms with Crippen molar-refractivity contribution in [2.75, 3.05) is 72.4 Å². The Morgan fingerprint density at radius 3 is 2.80 bits per heavy atom. The number of benzene rings is 1. The summed E-state index contributed by atoms with van der Waals surface area (Å²) in [5, 5.41) is 16.0. The van der Waals surface area contributed by atoms with Crippen molar-refractivity contribution in [3.8, 4) is 11.5 Å². The number of rotatable bonds is 13. The van der Waals surface area contributed by atoms with Crippen molar-refractivity contribution in [1.29, 1.82) is 0 Å². The van der Waals surface area contributed by atoms with Crippen LogP contribution in [0, 0.1) is 0 Å². The lowest BCUT2D eigenvalue weighted by Gasteiger charge is -2.27. The van der Waals surface area contributed by atoms with Crippen LogP contribution in [0.2, 0.25) is 0 Å². The van der Waals surface area contributed by atoms with Gasteiger partial charge in [0.2, 0.25) is 0 Å². The highest BCUT2D eigenvalue weighted by Gasteiger charge is 2.15. The lowest BCUT2D eigenvalue weighted by Crippen LogP contribution is -2.47. The van der Waals surface area contributed by atoms with Crippen LogP contribution >= 0.6 is 15.9 Å². The first-order valence-corrected chi connectivity index (χ1v) is 11.0. The molecule has 9 nitrogen and oxygen atoms in total. The van der Waals surface area contributed by atoms with Gasteiger partial charge in [-0.3, -0.25) is 0 Å². The summed E-state index contributed by atoms with van der Waals surface area (Å²) in [7, 11) is 0. The number of ether oxygens (including phenoxy) is 4. The van der Waals surface area contributed by atoms with Crippen LogP contribution < -0.4 is 20.1 Å². The molecule has 0 bridgehead atoms. The highest BCUT2D eigenvalue weighted by atomic mass is 79.9. The minimum Gasteiger partial charge on any atom is -0.491 e. The number of nitrogens with one attached hydrogen (secondary N) is 2. The van der Waals surface area contributed by atoms with Crippen LogP contribution in [0.3, 0.4) is 0 Å². The fraction of sp³-hybridized carbons (Fsp3) is 0.650. The molecule has 0 radical (unpaired) electrons. The van der Waals surface area contributed by atoms with Crippen LogP contribution in [0.1, 0.15) is 6.92 Å². The molecule has 1 aromatic rings. The highest BCUT2D eigenvalue weighted by Crippen LogP contribution is 2.29. The van der Waals surface area contributed by atoms with Gasteiger partial charge in [0.1, 0.15) is 30.8 Å². The summed E-state index contributed by atoms with van der Waals surface area (Å²) in [5.41, 5.74) is 0. The molecule has 10 heteroatoms. The van der Waals surface area contributed by atoms with Crippen molar-refractivity contribution in [2.24, 2.45) is 0 Å². The van der Waals surface area contributed by atoms with Gasteiger partial charge in [-0.05, 0) is 41.1 Å². The van der Waals surface area contributed by atoms with E-state index in [4.69, 9.17) is 18.9 Å². The van der Waals surface area contributed by atoms with E-state index in [1.807, 2.05) is 19.1 Å². The highest BCUT2D eigenvalue weighted by molar-refractivity contribution is 9.10. The minimum absolute atomic E-state index is 0.0841. The number of nitrogens with zero attached hydrogens (tertiary/aromatic N) is 1. The van der Waals surface area contributed by atoms with Crippen molar-refractivity contribution in [3.63, 3.8) is 0 Å². The standard InChI is InChI=1S/C20H32BrN3O6/c1-2-27-11-12-29-17-3-4-19(18(21)13-17)30-15-16(25)14-22-5-6-23-20(26)24-7-9-28-10-8-24/h3-4,13,16,22,25H,2,5-12,14-15H2,1H3,(H,23,26). The number of halogens is 1. The summed E-state index contributed by atoms with van der Waals surface area (Å²) in [5.74, 6) is 1.35. The summed E-state index contributed by atoms with van der Waals surface area (Å²) in [4.78, 5) is 13.7. The van der Waals surface area contributed by atoms with Gasteiger partial charge < -0.3 is 39.6 Å². The van der Waals surface area contributed by atoms with E-state index in [2.05, 4.69) is 26.6 Å². The Morgan fingerprint density at radius 1 is 1.27 bits per heavy atom. The summed E-state index contributed by atoms with van der Waals surface area (Å²) in [6.07, 6.45) is -0.672. The molecule has 0 aromatic heterocycles. The molecule has 30 heavy (non-hydrogen) atoms. The Kier molecular flexibility index (Phi) is 11.9.